The molecule has 0 spiro atoms. The number of fused-ring (bicyclic) bond motifs is 1. The normalized spacial score (nSPS) is 12.1. The zero-order valence-electron chi connectivity index (χ0n) is 8.28. The van der Waals surface area contributed by atoms with Crippen molar-refractivity contribution in [2.75, 3.05) is 11.5 Å². The third kappa shape index (κ3) is 2.94. The highest BCUT2D eigenvalue weighted by molar-refractivity contribution is 8.00. The van der Waals surface area contributed by atoms with E-state index in [4.69, 9.17) is 5.14 Å². The molecule has 16 heavy (non-hydrogen) atoms. The van der Waals surface area contributed by atoms with Gasteiger partial charge in [0.05, 0.1) is 11.9 Å². The second-order valence-corrected chi connectivity index (χ2v) is 5.96. The van der Waals surface area contributed by atoms with E-state index in [1.54, 1.807) is 29.0 Å². The van der Waals surface area contributed by atoms with Crippen LogP contribution in [0.5, 0.6) is 0 Å². The summed E-state index contributed by atoms with van der Waals surface area (Å²) in [7, 11) is -3.39. The number of sulfonamides is 1. The largest absolute Gasteiger partial charge is 0.229 e. The van der Waals surface area contributed by atoms with Crippen molar-refractivity contribution in [1.82, 2.24) is 14.6 Å². The van der Waals surface area contributed by atoms with E-state index in [1.165, 1.54) is 11.8 Å². The maximum absolute atomic E-state index is 10.7. The summed E-state index contributed by atoms with van der Waals surface area (Å²) >= 11 is 1.35. The summed E-state index contributed by atoms with van der Waals surface area (Å²) in [5.74, 6) is 0.347. The first-order valence-corrected chi connectivity index (χ1v) is 7.18. The Morgan fingerprint density at radius 3 is 3.00 bits per heavy atom. The molecular formula is C8H10N4O2S2. The predicted molar refractivity (Wildman–Crippen MR) is 61.7 cm³/mol. The quantitative estimate of drug-likeness (QED) is 0.621. The predicted octanol–water partition coefficient (Wildman–Crippen LogP) is 0.110. The number of hydrogen-bond donors (Lipinski definition) is 1. The zero-order valence-corrected chi connectivity index (χ0v) is 9.91. The van der Waals surface area contributed by atoms with Gasteiger partial charge in [-0.15, -0.1) is 11.8 Å². The minimum Gasteiger partial charge on any atom is -0.229 e. The van der Waals surface area contributed by atoms with E-state index in [-0.39, 0.29) is 5.75 Å². The molecule has 0 aliphatic heterocycles. The Balaban J connectivity index is 2.04. The van der Waals surface area contributed by atoms with Gasteiger partial charge < -0.3 is 0 Å². The first kappa shape index (κ1) is 11.4. The summed E-state index contributed by atoms with van der Waals surface area (Å²) < 4.78 is 23.1. The molecule has 2 rings (SSSR count). The van der Waals surface area contributed by atoms with Crippen LogP contribution in [0.2, 0.25) is 0 Å². The van der Waals surface area contributed by atoms with Gasteiger partial charge in [0.1, 0.15) is 5.03 Å². The molecule has 2 aromatic heterocycles. The van der Waals surface area contributed by atoms with Crippen LogP contribution in [0.25, 0.3) is 5.65 Å². The molecule has 0 radical (unpaired) electrons. The zero-order chi connectivity index (χ0) is 11.6. The van der Waals surface area contributed by atoms with Crippen molar-refractivity contribution in [3.63, 3.8) is 0 Å². The second-order valence-electron chi connectivity index (χ2n) is 3.12. The summed E-state index contributed by atoms with van der Waals surface area (Å²) in [6, 6.07) is 3.57. The first-order chi connectivity index (χ1) is 7.54. The van der Waals surface area contributed by atoms with E-state index in [0.717, 1.165) is 10.7 Å². The van der Waals surface area contributed by atoms with Crippen LogP contribution in [0.1, 0.15) is 0 Å². The molecule has 0 aliphatic rings. The molecular weight excluding hydrogens is 248 g/mol. The van der Waals surface area contributed by atoms with Gasteiger partial charge in [-0.25, -0.2) is 23.1 Å². The molecule has 0 atom stereocenters. The smallest absolute Gasteiger partial charge is 0.209 e. The van der Waals surface area contributed by atoms with Gasteiger partial charge in [-0.3, -0.25) is 0 Å². The summed E-state index contributed by atoms with van der Waals surface area (Å²) in [6.45, 7) is 0. The summed E-state index contributed by atoms with van der Waals surface area (Å²) in [5.41, 5.74) is 0.737. The van der Waals surface area contributed by atoms with Crippen LogP contribution >= 0.6 is 11.8 Å². The Labute approximate surface area is 96.9 Å². The minimum atomic E-state index is -3.39. The van der Waals surface area contributed by atoms with Crippen LogP contribution in [-0.4, -0.2) is 34.5 Å². The van der Waals surface area contributed by atoms with Crippen molar-refractivity contribution in [1.29, 1.82) is 0 Å². The van der Waals surface area contributed by atoms with Gasteiger partial charge in [0, 0.05) is 18.0 Å². The molecule has 86 valence electrons. The summed E-state index contributed by atoms with van der Waals surface area (Å²) in [5, 5.41) is 9.67. The molecule has 0 unspecified atom stereocenters. The van der Waals surface area contributed by atoms with Gasteiger partial charge in [0.2, 0.25) is 10.0 Å². The van der Waals surface area contributed by atoms with E-state index >= 15 is 0 Å². The van der Waals surface area contributed by atoms with Crippen molar-refractivity contribution in [3.05, 3.63) is 24.5 Å². The molecule has 2 aromatic rings. The van der Waals surface area contributed by atoms with E-state index in [9.17, 15) is 8.42 Å². The average molecular weight is 258 g/mol. The van der Waals surface area contributed by atoms with Gasteiger partial charge in [0.15, 0.2) is 5.65 Å². The van der Waals surface area contributed by atoms with E-state index in [0.29, 0.717) is 5.75 Å². The number of primary sulfonamides is 1. The Hall–Kier alpha value is -1.12. The number of hydrogen-bond acceptors (Lipinski definition) is 5. The fourth-order valence-corrected chi connectivity index (χ4v) is 2.92. The number of thioether (sulfide) groups is 1. The third-order valence-electron chi connectivity index (χ3n) is 1.85. The van der Waals surface area contributed by atoms with E-state index in [2.05, 4.69) is 10.1 Å². The second kappa shape index (κ2) is 4.40. The van der Waals surface area contributed by atoms with Gasteiger partial charge in [-0.05, 0) is 6.07 Å². The van der Waals surface area contributed by atoms with Crippen molar-refractivity contribution in [2.24, 2.45) is 5.14 Å². The fourth-order valence-electron chi connectivity index (χ4n) is 1.14. The standard InChI is InChI=1S/C8H10N4O2S2/c9-16(13,14)6-5-15-8-2-4-12-7(11-8)1-3-10-12/h1-4H,5-6H2,(H2,9,13,14). The Morgan fingerprint density at radius 1 is 1.44 bits per heavy atom. The van der Waals surface area contributed by atoms with Crippen molar-refractivity contribution >= 4 is 27.4 Å². The number of nitrogens with zero attached hydrogens (tertiary/aromatic N) is 3. The van der Waals surface area contributed by atoms with Crippen molar-refractivity contribution in [2.45, 2.75) is 5.03 Å². The SMILES string of the molecule is NS(=O)(=O)CCSc1ccn2nccc2n1. The topological polar surface area (TPSA) is 90.4 Å². The average Bonchev–Trinajstić information content (AvgIpc) is 2.62. The van der Waals surface area contributed by atoms with E-state index in [1.807, 2.05) is 0 Å². The van der Waals surface area contributed by atoms with Gasteiger partial charge >= 0.3 is 0 Å². The Kier molecular flexibility index (Phi) is 3.13. The molecule has 0 bridgehead atoms. The van der Waals surface area contributed by atoms with Gasteiger partial charge in [-0.2, -0.15) is 5.10 Å². The molecule has 2 heterocycles. The van der Waals surface area contributed by atoms with Crippen LogP contribution in [0.15, 0.2) is 29.6 Å². The maximum atomic E-state index is 10.7. The molecule has 8 heteroatoms. The van der Waals surface area contributed by atoms with Crippen LogP contribution in [-0.2, 0) is 10.0 Å². The molecule has 0 aromatic carbocycles. The monoisotopic (exact) mass is 258 g/mol. The van der Waals surface area contributed by atoms with Crippen LogP contribution in [0.4, 0.5) is 0 Å². The third-order valence-corrected chi connectivity index (χ3v) is 3.81. The molecule has 6 nitrogen and oxygen atoms in total. The van der Waals surface area contributed by atoms with Crippen molar-refractivity contribution in [3.8, 4) is 0 Å². The number of rotatable bonds is 4. The number of nitrogens with two attached hydrogens (primary N) is 1. The molecule has 0 amide bonds. The van der Waals surface area contributed by atoms with Crippen LogP contribution in [0.3, 0.4) is 0 Å². The number of aromatic nitrogens is 3. The highest BCUT2D eigenvalue weighted by Crippen LogP contribution is 2.15. The molecule has 0 aliphatic carbocycles. The first-order valence-electron chi connectivity index (χ1n) is 4.48. The lowest BCUT2D eigenvalue weighted by Gasteiger charge is -2.00. The summed E-state index contributed by atoms with van der Waals surface area (Å²) in [6.07, 6.45) is 3.43. The van der Waals surface area contributed by atoms with Gasteiger partial charge in [0.25, 0.3) is 0 Å². The Bertz CT molecular complexity index is 593. The van der Waals surface area contributed by atoms with Crippen LogP contribution in [0, 0.1) is 0 Å². The lowest BCUT2D eigenvalue weighted by atomic mass is 10.6. The molecule has 2 N–H and O–H groups in total. The molecule has 0 fully saturated rings. The lowest BCUT2D eigenvalue weighted by Crippen LogP contribution is -2.17. The molecule has 0 saturated heterocycles. The highest BCUT2D eigenvalue weighted by atomic mass is 32.2. The highest BCUT2D eigenvalue weighted by Gasteiger charge is 2.04. The minimum absolute atomic E-state index is 0.0518. The maximum Gasteiger partial charge on any atom is 0.209 e. The lowest BCUT2D eigenvalue weighted by molar-refractivity contribution is 0.599. The summed E-state index contributed by atoms with van der Waals surface area (Å²) in [4.78, 5) is 4.28. The van der Waals surface area contributed by atoms with Crippen LogP contribution < -0.4 is 5.14 Å². The van der Waals surface area contributed by atoms with Gasteiger partial charge in [-0.1, -0.05) is 0 Å². The molecule has 0 saturated carbocycles. The Morgan fingerprint density at radius 2 is 2.25 bits per heavy atom. The van der Waals surface area contributed by atoms with E-state index < -0.39 is 10.0 Å². The fraction of sp³-hybridized carbons (Fsp3) is 0.250. The van der Waals surface area contributed by atoms with Crippen molar-refractivity contribution < 1.29 is 8.42 Å².